The van der Waals surface area contributed by atoms with Gasteiger partial charge >= 0.3 is 0 Å². The molecule has 6 nitrogen and oxygen atoms in total. The third-order valence-electron chi connectivity index (χ3n) is 5.73. The Morgan fingerprint density at radius 1 is 1.31 bits per heavy atom. The van der Waals surface area contributed by atoms with Crippen LogP contribution in [0.4, 0.5) is 0 Å². The molecule has 4 rings (SSSR count). The van der Waals surface area contributed by atoms with E-state index in [1.807, 2.05) is 18.2 Å². The standard InChI is InChI=1S/C23H26N4O2/c1-3-20-15(2)19-9-16(6-7-21(19)26-20)12-25-23(29)18-10-22(28)27(14-18)13-17-5-4-8-24-11-17/h4-9,11,18,26H,3,10,12-14H2,1-2H3,(H,25,29). The molecule has 150 valence electrons. The number of pyridine rings is 1. The smallest absolute Gasteiger partial charge is 0.225 e. The van der Waals surface area contributed by atoms with Gasteiger partial charge in [0.1, 0.15) is 0 Å². The Balaban J connectivity index is 1.37. The van der Waals surface area contributed by atoms with Gasteiger partial charge in [-0.15, -0.1) is 0 Å². The Hall–Kier alpha value is -3.15. The summed E-state index contributed by atoms with van der Waals surface area (Å²) < 4.78 is 0. The number of nitrogens with zero attached hydrogens (tertiary/aromatic N) is 2. The molecule has 2 N–H and O–H groups in total. The molecule has 0 aliphatic carbocycles. The van der Waals surface area contributed by atoms with Gasteiger partial charge in [-0.25, -0.2) is 0 Å². The van der Waals surface area contributed by atoms with Crippen LogP contribution in [0.15, 0.2) is 42.7 Å². The van der Waals surface area contributed by atoms with Crippen molar-refractivity contribution in [2.45, 2.75) is 39.8 Å². The quantitative estimate of drug-likeness (QED) is 0.679. The zero-order valence-electron chi connectivity index (χ0n) is 16.9. The second-order valence-electron chi connectivity index (χ2n) is 7.72. The molecule has 0 radical (unpaired) electrons. The molecule has 1 aromatic carbocycles. The predicted molar refractivity (Wildman–Crippen MR) is 112 cm³/mol. The van der Waals surface area contributed by atoms with E-state index in [4.69, 9.17) is 0 Å². The van der Waals surface area contributed by atoms with Crippen LogP contribution in [-0.2, 0) is 29.1 Å². The highest BCUT2D eigenvalue weighted by Gasteiger charge is 2.34. The summed E-state index contributed by atoms with van der Waals surface area (Å²) in [5.41, 5.74) is 5.68. The maximum Gasteiger partial charge on any atom is 0.225 e. The maximum atomic E-state index is 12.6. The number of H-pyrrole nitrogens is 1. The molecule has 1 aliphatic heterocycles. The average molecular weight is 390 g/mol. The van der Waals surface area contributed by atoms with Crippen molar-refractivity contribution in [2.75, 3.05) is 6.54 Å². The lowest BCUT2D eigenvalue weighted by Gasteiger charge is -2.16. The summed E-state index contributed by atoms with van der Waals surface area (Å²) >= 11 is 0. The molecule has 2 amide bonds. The van der Waals surface area contributed by atoms with Crippen molar-refractivity contribution in [2.24, 2.45) is 5.92 Å². The maximum absolute atomic E-state index is 12.6. The Bertz CT molecular complexity index is 1040. The number of fused-ring (bicyclic) bond motifs is 1. The van der Waals surface area contributed by atoms with Crippen LogP contribution >= 0.6 is 0 Å². The molecule has 29 heavy (non-hydrogen) atoms. The third-order valence-corrected chi connectivity index (χ3v) is 5.73. The number of likely N-dealkylation sites (tertiary alicyclic amines) is 1. The number of hydrogen-bond acceptors (Lipinski definition) is 3. The van der Waals surface area contributed by atoms with Crippen molar-refractivity contribution in [3.63, 3.8) is 0 Å². The molecule has 1 aliphatic rings. The second kappa shape index (κ2) is 8.07. The zero-order chi connectivity index (χ0) is 20.4. The zero-order valence-corrected chi connectivity index (χ0v) is 16.9. The van der Waals surface area contributed by atoms with Crippen LogP contribution in [0.2, 0.25) is 0 Å². The van der Waals surface area contributed by atoms with Gasteiger partial charge in [-0.05, 0) is 48.2 Å². The number of aromatic nitrogens is 2. The lowest BCUT2D eigenvalue weighted by molar-refractivity contribution is -0.129. The molecule has 1 fully saturated rings. The van der Waals surface area contributed by atoms with E-state index in [1.54, 1.807) is 17.3 Å². The van der Waals surface area contributed by atoms with Crippen LogP contribution in [0.5, 0.6) is 0 Å². The fourth-order valence-corrected chi connectivity index (χ4v) is 4.04. The van der Waals surface area contributed by atoms with E-state index in [0.717, 1.165) is 23.1 Å². The number of amides is 2. The lowest BCUT2D eigenvalue weighted by Crippen LogP contribution is -2.32. The number of nitrogens with one attached hydrogen (secondary N) is 2. The van der Waals surface area contributed by atoms with E-state index >= 15 is 0 Å². The van der Waals surface area contributed by atoms with Crippen LogP contribution in [0.3, 0.4) is 0 Å². The van der Waals surface area contributed by atoms with Gasteiger partial charge in [-0.2, -0.15) is 0 Å². The Morgan fingerprint density at radius 3 is 2.93 bits per heavy atom. The van der Waals surface area contributed by atoms with Crippen LogP contribution < -0.4 is 5.32 Å². The minimum Gasteiger partial charge on any atom is -0.358 e. The molecule has 1 atom stereocenters. The highest BCUT2D eigenvalue weighted by Crippen LogP contribution is 2.24. The number of aromatic amines is 1. The van der Waals surface area contributed by atoms with Gasteiger partial charge in [0.15, 0.2) is 0 Å². The van der Waals surface area contributed by atoms with Gasteiger partial charge in [-0.1, -0.05) is 19.1 Å². The summed E-state index contributed by atoms with van der Waals surface area (Å²) in [6.07, 6.45) is 4.70. The van der Waals surface area contributed by atoms with E-state index < -0.39 is 0 Å². The summed E-state index contributed by atoms with van der Waals surface area (Å²) in [6, 6.07) is 10.0. The first kappa shape index (κ1) is 19.2. The molecule has 1 saturated heterocycles. The van der Waals surface area contributed by atoms with E-state index in [0.29, 0.717) is 19.6 Å². The number of hydrogen-bond donors (Lipinski definition) is 2. The largest absolute Gasteiger partial charge is 0.358 e. The summed E-state index contributed by atoms with van der Waals surface area (Å²) in [7, 11) is 0. The van der Waals surface area contributed by atoms with Gasteiger partial charge < -0.3 is 15.2 Å². The monoisotopic (exact) mass is 390 g/mol. The summed E-state index contributed by atoms with van der Waals surface area (Å²) in [6.45, 7) is 5.68. The summed E-state index contributed by atoms with van der Waals surface area (Å²) in [5.74, 6) is -0.346. The number of rotatable bonds is 6. The molecule has 3 heterocycles. The first-order valence-electron chi connectivity index (χ1n) is 10.1. The van der Waals surface area contributed by atoms with Crippen LogP contribution in [0.1, 0.15) is 35.7 Å². The first-order valence-corrected chi connectivity index (χ1v) is 10.1. The minimum atomic E-state index is -0.302. The average Bonchev–Trinajstić information content (AvgIpc) is 3.26. The lowest BCUT2D eigenvalue weighted by atomic mass is 10.1. The fraction of sp³-hybridized carbons (Fsp3) is 0.348. The summed E-state index contributed by atoms with van der Waals surface area (Å²) in [4.78, 5) is 34.2. The number of carbonyl (C=O) groups is 2. The van der Waals surface area contributed by atoms with E-state index in [2.05, 4.69) is 41.3 Å². The Labute approximate surface area is 170 Å². The number of carbonyl (C=O) groups excluding carboxylic acids is 2. The van der Waals surface area contributed by atoms with E-state index in [9.17, 15) is 9.59 Å². The molecule has 0 spiro atoms. The predicted octanol–water partition coefficient (Wildman–Crippen LogP) is 3.10. The van der Waals surface area contributed by atoms with Crippen molar-refractivity contribution >= 4 is 22.7 Å². The molecule has 0 saturated carbocycles. The molecule has 2 aromatic heterocycles. The molecule has 0 bridgehead atoms. The normalized spacial score (nSPS) is 16.6. The fourth-order valence-electron chi connectivity index (χ4n) is 4.04. The number of aryl methyl sites for hydroxylation is 2. The highest BCUT2D eigenvalue weighted by molar-refractivity contribution is 5.89. The van der Waals surface area contributed by atoms with Crippen molar-refractivity contribution in [1.29, 1.82) is 0 Å². The van der Waals surface area contributed by atoms with Crippen molar-refractivity contribution < 1.29 is 9.59 Å². The topological polar surface area (TPSA) is 78.1 Å². The van der Waals surface area contributed by atoms with Crippen LogP contribution in [-0.4, -0.2) is 33.2 Å². The minimum absolute atomic E-state index is 0.0189. The molecule has 1 unspecified atom stereocenters. The van der Waals surface area contributed by atoms with E-state index in [-0.39, 0.29) is 24.2 Å². The first-order chi connectivity index (χ1) is 14.0. The van der Waals surface area contributed by atoms with Gasteiger partial charge in [-0.3, -0.25) is 14.6 Å². The van der Waals surface area contributed by atoms with Crippen molar-refractivity contribution in [3.8, 4) is 0 Å². The number of benzene rings is 1. The van der Waals surface area contributed by atoms with Crippen LogP contribution in [0.25, 0.3) is 10.9 Å². The molecular formula is C23H26N4O2. The SMILES string of the molecule is CCc1[nH]c2ccc(CNC(=O)C3CC(=O)N(Cc4cccnc4)C3)cc2c1C. The third kappa shape index (κ3) is 4.01. The van der Waals surface area contributed by atoms with Gasteiger partial charge in [0.05, 0.1) is 5.92 Å². The second-order valence-corrected chi connectivity index (χ2v) is 7.72. The van der Waals surface area contributed by atoms with Crippen LogP contribution in [0, 0.1) is 12.8 Å². The Morgan fingerprint density at radius 2 is 2.17 bits per heavy atom. The van der Waals surface area contributed by atoms with Gasteiger partial charge in [0.2, 0.25) is 11.8 Å². The highest BCUT2D eigenvalue weighted by atomic mass is 16.2. The Kier molecular flexibility index (Phi) is 5.34. The van der Waals surface area contributed by atoms with Gasteiger partial charge in [0, 0.05) is 55.0 Å². The molecular weight excluding hydrogens is 364 g/mol. The molecule has 6 heteroatoms. The van der Waals surface area contributed by atoms with Crippen molar-refractivity contribution in [3.05, 3.63) is 65.1 Å². The molecule has 3 aromatic rings. The van der Waals surface area contributed by atoms with Gasteiger partial charge in [0.25, 0.3) is 0 Å². The summed E-state index contributed by atoms with van der Waals surface area (Å²) in [5, 5.41) is 4.21. The van der Waals surface area contributed by atoms with E-state index in [1.165, 1.54) is 16.6 Å². The van der Waals surface area contributed by atoms with Crippen molar-refractivity contribution in [1.82, 2.24) is 20.2 Å².